The van der Waals surface area contributed by atoms with E-state index in [1.165, 1.54) is 50.0 Å². The van der Waals surface area contributed by atoms with Crippen LogP contribution >= 0.6 is 0 Å². The largest absolute Gasteiger partial charge is 0.357 e. The Labute approximate surface area is 141 Å². The predicted molar refractivity (Wildman–Crippen MR) is 98.9 cm³/mol. The second kappa shape index (κ2) is 9.56. The molecular formula is C19H32N4. The lowest BCUT2D eigenvalue weighted by molar-refractivity contribution is 0.206. The summed E-state index contributed by atoms with van der Waals surface area (Å²) < 4.78 is 0. The molecule has 0 spiro atoms. The maximum atomic E-state index is 4.74. The summed E-state index contributed by atoms with van der Waals surface area (Å²) in [5, 5.41) is 6.99. The van der Waals surface area contributed by atoms with Crippen molar-refractivity contribution >= 4 is 5.96 Å². The Balaban J connectivity index is 1.85. The molecule has 0 amide bonds. The maximum Gasteiger partial charge on any atom is 0.191 e. The number of piperidine rings is 1. The minimum absolute atomic E-state index is 0.541. The molecule has 0 unspecified atom stereocenters. The molecule has 1 fully saturated rings. The Morgan fingerprint density at radius 1 is 1.17 bits per heavy atom. The zero-order valence-electron chi connectivity index (χ0n) is 14.9. The van der Waals surface area contributed by atoms with Gasteiger partial charge >= 0.3 is 0 Å². The molecule has 1 saturated heterocycles. The van der Waals surface area contributed by atoms with E-state index in [4.69, 9.17) is 4.99 Å². The lowest BCUT2D eigenvalue weighted by Gasteiger charge is -2.32. The van der Waals surface area contributed by atoms with Gasteiger partial charge < -0.3 is 15.5 Å². The molecule has 1 aliphatic heterocycles. The minimum atomic E-state index is 0.541. The first kappa shape index (κ1) is 17.8. The van der Waals surface area contributed by atoms with Gasteiger partial charge in [-0.25, -0.2) is 4.99 Å². The van der Waals surface area contributed by atoms with Gasteiger partial charge in [-0.1, -0.05) is 36.8 Å². The third kappa shape index (κ3) is 6.22. The van der Waals surface area contributed by atoms with Crippen LogP contribution in [-0.4, -0.2) is 43.1 Å². The van der Waals surface area contributed by atoms with Crippen molar-refractivity contribution in [3.05, 3.63) is 35.4 Å². The number of aryl methyl sites for hydroxylation is 1. The van der Waals surface area contributed by atoms with Crippen LogP contribution in [0.15, 0.2) is 29.3 Å². The van der Waals surface area contributed by atoms with E-state index < -0.39 is 0 Å². The molecule has 23 heavy (non-hydrogen) atoms. The Kier molecular flexibility index (Phi) is 7.40. The normalized spacial score (nSPS) is 17.3. The molecule has 4 nitrogen and oxygen atoms in total. The highest BCUT2D eigenvalue weighted by Gasteiger charge is 2.19. The smallest absolute Gasteiger partial charge is 0.191 e. The number of rotatable bonds is 6. The lowest BCUT2D eigenvalue weighted by Crippen LogP contribution is -2.48. The fourth-order valence-corrected chi connectivity index (χ4v) is 2.99. The standard InChI is InChI=1S/C19H32N4/c1-4-12-23-13-10-18(11-14-23)22-19(20-5-2)21-15-17-8-6-16(3)7-9-17/h6-9,18H,4-5,10-15H2,1-3H3,(H2,20,21,22). The van der Waals surface area contributed by atoms with Crippen LogP contribution in [0.3, 0.4) is 0 Å². The molecule has 128 valence electrons. The van der Waals surface area contributed by atoms with Crippen molar-refractivity contribution in [3.8, 4) is 0 Å². The summed E-state index contributed by atoms with van der Waals surface area (Å²) >= 11 is 0. The molecule has 0 bridgehead atoms. The number of aliphatic imine (C=N–C) groups is 1. The van der Waals surface area contributed by atoms with E-state index in [2.05, 4.69) is 60.6 Å². The molecule has 0 aromatic heterocycles. The van der Waals surface area contributed by atoms with Gasteiger partial charge in [0.15, 0.2) is 5.96 Å². The summed E-state index contributed by atoms with van der Waals surface area (Å²) in [5.74, 6) is 0.946. The molecule has 0 radical (unpaired) electrons. The van der Waals surface area contributed by atoms with Crippen molar-refractivity contribution in [1.29, 1.82) is 0 Å². The molecule has 0 aliphatic carbocycles. The Morgan fingerprint density at radius 2 is 1.87 bits per heavy atom. The summed E-state index contributed by atoms with van der Waals surface area (Å²) in [7, 11) is 0. The number of nitrogens with one attached hydrogen (secondary N) is 2. The molecule has 2 rings (SSSR count). The maximum absolute atomic E-state index is 4.74. The van der Waals surface area contributed by atoms with E-state index in [1.54, 1.807) is 0 Å². The number of hydrogen-bond donors (Lipinski definition) is 2. The Morgan fingerprint density at radius 3 is 2.48 bits per heavy atom. The first-order valence-corrected chi connectivity index (χ1v) is 9.04. The second-order valence-electron chi connectivity index (χ2n) is 6.44. The minimum Gasteiger partial charge on any atom is -0.357 e. The van der Waals surface area contributed by atoms with Crippen LogP contribution in [0.25, 0.3) is 0 Å². The Hall–Kier alpha value is -1.55. The summed E-state index contributed by atoms with van der Waals surface area (Å²) in [6.45, 7) is 11.7. The fraction of sp³-hybridized carbons (Fsp3) is 0.632. The highest BCUT2D eigenvalue weighted by Crippen LogP contribution is 2.10. The van der Waals surface area contributed by atoms with Gasteiger partial charge in [-0.05, 0) is 45.2 Å². The number of benzene rings is 1. The van der Waals surface area contributed by atoms with Crippen molar-refractivity contribution < 1.29 is 0 Å². The van der Waals surface area contributed by atoms with Gasteiger partial charge in [0.2, 0.25) is 0 Å². The van der Waals surface area contributed by atoms with Gasteiger partial charge in [0.05, 0.1) is 6.54 Å². The SMILES string of the molecule is CCCN1CCC(NC(=NCc2ccc(C)cc2)NCC)CC1. The first-order valence-electron chi connectivity index (χ1n) is 9.04. The molecular weight excluding hydrogens is 284 g/mol. The quantitative estimate of drug-likeness (QED) is 0.626. The van der Waals surface area contributed by atoms with Gasteiger partial charge in [0.1, 0.15) is 0 Å². The van der Waals surface area contributed by atoms with Crippen LogP contribution in [0.5, 0.6) is 0 Å². The van der Waals surface area contributed by atoms with Crippen LogP contribution in [0.2, 0.25) is 0 Å². The highest BCUT2D eigenvalue weighted by molar-refractivity contribution is 5.80. The Bertz CT molecular complexity index is 473. The number of guanidine groups is 1. The first-order chi connectivity index (χ1) is 11.2. The van der Waals surface area contributed by atoms with Gasteiger partial charge in [-0.15, -0.1) is 0 Å². The van der Waals surface area contributed by atoms with E-state index in [0.717, 1.165) is 19.0 Å². The van der Waals surface area contributed by atoms with E-state index in [-0.39, 0.29) is 0 Å². The van der Waals surface area contributed by atoms with E-state index in [9.17, 15) is 0 Å². The van der Waals surface area contributed by atoms with Gasteiger partial charge in [0.25, 0.3) is 0 Å². The summed E-state index contributed by atoms with van der Waals surface area (Å²) in [6.07, 6.45) is 3.66. The molecule has 1 aromatic rings. The molecule has 0 atom stereocenters. The molecule has 1 heterocycles. The number of hydrogen-bond acceptors (Lipinski definition) is 2. The van der Waals surface area contributed by atoms with Crippen molar-refractivity contribution in [2.45, 2.75) is 52.6 Å². The third-order valence-corrected chi connectivity index (χ3v) is 4.35. The molecule has 1 aliphatic rings. The average Bonchev–Trinajstić information content (AvgIpc) is 2.56. The second-order valence-corrected chi connectivity index (χ2v) is 6.44. The molecule has 1 aromatic carbocycles. The molecule has 2 N–H and O–H groups in total. The van der Waals surface area contributed by atoms with Crippen molar-refractivity contribution in [1.82, 2.24) is 15.5 Å². The zero-order chi connectivity index (χ0) is 16.5. The predicted octanol–water partition coefficient (Wildman–Crippen LogP) is 2.92. The monoisotopic (exact) mass is 316 g/mol. The van der Waals surface area contributed by atoms with Crippen LogP contribution in [0.1, 0.15) is 44.2 Å². The van der Waals surface area contributed by atoms with Gasteiger partial charge in [-0.2, -0.15) is 0 Å². The number of likely N-dealkylation sites (tertiary alicyclic amines) is 1. The van der Waals surface area contributed by atoms with Gasteiger partial charge in [-0.3, -0.25) is 0 Å². The van der Waals surface area contributed by atoms with Crippen molar-refractivity contribution in [2.75, 3.05) is 26.2 Å². The van der Waals surface area contributed by atoms with E-state index >= 15 is 0 Å². The number of nitrogens with zero attached hydrogens (tertiary/aromatic N) is 2. The third-order valence-electron chi connectivity index (χ3n) is 4.35. The summed E-state index contributed by atoms with van der Waals surface area (Å²) in [6, 6.07) is 9.15. The lowest BCUT2D eigenvalue weighted by atomic mass is 10.1. The highest BCUT2D eigenvalue weighted by atomic mass is 15.2. The molecule has 0 saturated carbocycles. The van der Waals surface area contributed by atoms with Crippen LogP contribution in [-0.2, 0) is 6.54 Å². The van der Waals surface area contributed by atoms with Crippen molar-refractivity contribution in [3.63, 3.8) is 0 Å². The van der Waals surface area contributed by atoms with Crippen LogP contribution in [0, 0.1) is 6.92 Å². The summed E-state index contributed by atoms with van der Waals surface area (Å²) in [5.41, 5.74) is 2.55. The van der Waals surface area contributed by atoms with E-state index in [1.807, 2.05) is 0 Å². The fourth-order valence-electron chi connectivity index (χ4n) is 2.99. The van der Waals surface area contributed by atoms with Gasteiger partial charge in [0, 0.05) is 25.7 Å². The summed E-state index contributed by atoms with van der Waals surface area (Å²) in [4.78, 5) is 7.31. The van der Waals surface area contributed by atoms with Crippen LogP contribution < -0.4 is 10.6 Å². The topological polar surface area (TPSA) is 39.7 Å². The van der Waals surface area contributed by atoms with Crippen molar-refractivity contribution in [2.24, 2.45) is 4.99 Å². The zero-order valence-corrected chi connectivity index (χ0v) is 14.9. The average molecular weight is 316 g/mol. The van der Waals surface area contributed by atoms with E-state index in [0.29, 0.717) is 6.04 Å². The molecule has 4 heteroatoms. The van der Waals surface area contributed by atoms with Crippen LogP contribution in [0.4, 0.5) is 0 Å².